The van der Waals surface area contributed by atoms with Crippen LogP contribution in [0, 0.1) is 0 Å². The first kappa shape index (κ1) is 15.7. The van der Waals surface area contributed by atoms with E-state index in [0.717, 1.165) is 39.7 Å². The lowest BCUT2D eigenvalue weighted by Gasteiger charge is -2.29. The summed E-state index contributed by atoms with van der Waals surface area (Å²) >= 11 is 0. The summed E-state index contributed by atoms with van der Waals surface area (Å²) in [4.78, 5) is 0. The number of fused-ring (bicyclic) bond motifs is 2. The molecule has 0 bridgehead atoms. The van der Waals surface area contributed by atoms with Gasteiger partial charge in [0.2, 0.25) is 0 Å². The Hall–Kier alpha value is -3.52. The molecule has 0 aromatic heterocycles. The van der Waals surface area contributed by atoms with E-state index in [1.807, 2.05) is 66.7 Å². The maximum Gasteiger partial charge on any atom is 0.131 e. The lowest BCUT2D eigenvalue weighted by Crippen LogP contribution is -2.12. The van der Waals surface area contributed by atoms with Crippen LogP contribution in [0.5, 0.6) is 23.0 Å². The molecule has 4 aromatic carbocycles. The molecule has 27 heavy (non-hydrogen) atoms. The molecule has 0 amide bonds. The Balaban J connectivity index is 1.67. The normalized spacial score (nSPS) is 12.6. The Morgan fingerprint density at radius 2 is 1.04 bits per heavy atom. The van der Waals surface area contributed by atoms with Gasteiger partial charge in [-0.05, 0) is 30.3 Å². The monoisotopic (exact) mass is 350 g/mol. The zero-order valence-corrected chi connectivity index (χ0v) is 14.7. The van der Waals surface area contributed by atoms with Crippen molar-refractivity contribution in [3.63, 3.8) is 0 Å². The van der Waals surface area contributed by atoms with Gasteiger partial charge in [0, 0.05) is 22.6 Å². The van der Waals surface area contributed by atoms with Crippen molar-refractivity contribution in [3.8, 4) is 23.0 Å². The molecular weight excluding hydrogens is 332 g/mol. The number of benzene rings is 4. The van der Waals surface area contributed by atoms with Crippen LogP contribution in [0.4, 0.5) is 0 Å². The summed E-state index contributed by atoms with van der Waals surface area (Å²) in [5.41, 5.74) is 3.44. The van der Waals surface area contributed by atoms with Crippen LogP contribution in [0.3, 0.4) is 0 Å². The van der Waals surface area contributed by atoms with E-state index in [2.05, 4.69) is 36.4 Å². The van der Waals surface area contributed by atoms with Crippen LogP contribution in [-0.4, -0.2) is 0 Å². The van der Waals surface area contributed by atoms with Crippen molar-refractivity contribution in [2.24, 2.45) is 0 Å². The fraction of sp³-hybridized carbons (Fsp3) is 0.0400. The van der Waals surface area contributed by atoms with Gasteiger partial charge in [0.1, 0.15) is 23.0 Å². The standard InChI is InChI=1S/C25H18O2/c1-2-10-18(11-3-1)26-22-15-7-4-12-19(22)25-20-13-5-8-16-23(20)27-24-17-9-6-14-21(24)25/h1-17,25H. The van der Waals surface area contributed by atoms with E-state index in [9.17, 15) is 0 Å². The third-order valence-corrected chi connectivity index (χ3v) is 4.88. The Bertz CT molecular complexity index is 1040. The average molecular weight is 350 g/mol. The van der Waals surface area contributed by atoms with Crippen LogP contribution in [0.25, 0.3) is 0 Å². The van der Waals surface area contributed by atoms with E-state index >= 15 is 0 Å². The highest BCUT2D eigenvalue weighted by atomic mass is 16.5. The molecule has 4 aromatic rings. The maximum absolute atomic E-state index is 6.25. The first-order valence-electron chi connectivity index (χ1n) is 9.08. The summed E-state index contributed by atoms with van der Waals surface area (Å²) in [5.74, 6) is 3.55. The van der Waals surface area contributed by atoms with Crippen molar-refractivity contribution in [2.75, 3.05) is 0 Å². The molecule has 2 nitrogen and oxygen atoms in total. The van der Waals surface area contributed by atoms with Gasteiger partial charge >= 0.3 is 0 Å². The molecule has 1 aliphatic rings. The smallest absolute Gasteiger partial charge is 0.131 e. The predicted octanol–water partition coefficient (Wildman–Crippen LogP) is 6.76. The van der Waals surface area contributed by atoms with E-state index in [1.165, 1.54) is 0 Å². The van der Waals surface area contributed by atoms with Crippen molar-refractivity contribution in [2.45, 2.75) is 5.92 Å². The van der Waals surface area contributed by atoms with Gasteiger partial charge in [0.25, 0.3) is 0 Å². The molecule has 130 valence electrons. The number of hydrogen-bond acceptors (Lipinski definition) is 2. The molecule has 2 heteroatoms. The zero-order valence-electron chi connectivity index (χ0n) is 14.7. The maximum atomic E-state index is 6.25. The van der Waals surface area contributed by atoms with Gasteiger partial charge in [-0.2, -0.15) is 0 Å². The SMILES string of the molecule is c1ccc(Oc2ccccc2C2c3ccccc3Oc3ccccc32)cc1. The van der Waals surface area contributed by atoms with Crippen LogP contribution in [0.1, 0.15) is 22.6 Å². The van der Waals surface area contributed by atoms with Crippen molar-refractivity contribution >= 4 is 0 Å². The first-order valence-corrected chi connectivity index (χ1v) is 9.08. The van der Waals surface area contributed by atoms with Crippen molar-refractivity contribution in [1.82, 2.24) is 0 Å². The second-order valence-electron chi connectivity index (χ2n) is 6.56. The highest BCUT2D eigenvalue weighted by molar-refractivity contribution is 5.60. The number of ether oxygens (including phenoxy) is 2. The predicted molar refractivity (Wildman–Crippen MR) is 107 cm³/mol. The average Bonchev–Trinajstić information content (AvgIpc) is 2.73. The molecule has 0 fully saturated rings. The number of rotatable bonds is 3. The van der Waals surface area contributed by atoms with E-state index in [0.29, 0.717) is 0 Å². The first-order chi connectivity index (χ1) is 13.4. The van der Waals surface area contributed by atoms with Crippen LogP contribution >= 0.6 is 0 Å². The minimum atomic E-state index is 0.0612. The molecule has 0 saturated heterocycles. The van der Waals surface area contributed by atoms with Crippen molar-refractivity contribution < 1.29 is 9.47 Å². The van der Waals surface area contributed by atoms with Crippen LogP contribution in [0.15, 0.2) is 103 Å². The summed E-state index contributed by atoms with van der Waals surface area (Å²) in [7, 11) is 0. The highest BCUT2D eigenvalue weighted by Gasteiger charge is 2.30. The fourth-order valence-corrected chi connectivity index (χ4v) is 3.67. The van der Waals surface area contributed by atoms with Gasteiger partial charge in [0.15, 0.2) is 0 Å². The Labute approximate surface area is 158 Å². The summed E-state index contributed by atoms with van der Waals surface area (Å²) < 4.78 is 12.4. The van der Waals surface area contributed by atoms with Gasteiger partial charge < -0.3 is 9.47 Å². The molecule has 0 spiro atoms. The van der Waals surface area contributed by atoms with E-state index < -0.39 is 0 Å². The summed E-state index contributed by atoms with van der Waals surface area (Å²) in [5, 5.41) is 0. The van der Waals surface area contributed by atoms with Gasteiger partial charge in [-0.15, -0.1) is 0 Å². The van der Waals surface area contributed by atoms with Crippen molar-refractivity contribution in [3.05, 3.63) is 120 Å². The Morgan fingerprint density at radius 1 is 0.519 bits per heavy atom. The molecule has 5 rings (SSSR count). The van der Waals surface area contributed by atoms with Crippen LogP contribution < -0.4 is 9.47 Å². The third kappa shape index (κ3) is 2.85. The molecule has 0 N–H and O–H groups in total. The molecule has 0 aliphatic carbocycles. The molecule has 0 radical (unpaired) electrons. The van der Waals surface area contributed by atoms with Crippen molar-refractivity contribution in [1.29, 1.82) is 0 Å². The molecule has 0 saturated carbocycles. The van der Waals surface area contributed by atoms with E-state index in [4.69, 9.17) is 9.47 Å². The Kier molecular flexibility index (Phi) is 3.87. The summed E-state index contributed by atoms with van der Waals surface area (Å²) in [6.45, 7) is 0. The number of hydrogen-bond donors (Lipinski definition) is 0. The lowest BCUT2D eigenvalue weighted by atomic mass is 9.82. The third-order valence-electron chi connectivity index (χ3n) is 4.88. The minimum absolute atomic E-state index is 0.0612. The zero-order chi connectivity index (χ0) is 18.1. The van der Waals surface area contributed by atoms with E-state index in [-0.39, 0.29) is 5.92 Å². The quantitative estimate of drug-likeness (QED) is 0.358. The molecular formula is C25H18O2. The molecule has 1 aliphatic heterocycles. The summed E-state index contributed by atoms with van der Waals surface area (Å²) in [6.07, 6.45) is 0. The topological polar surface area (TPSA) is 18.5 Å². The van der Waals surface area contributed by atoms with Gasteiger partial charge in [-0.1, -0.05) is 72.8 Å². The van der Waals surface area contributed by atoms with E-state index in [1.54, 1.807) is 0 Å². The summed E-state index contributed by atoms with van der Waals surface area (Å²) in [6, 6.07) is 34.6. The number of para-hydroxylation sites is 4. The largest absolute Gasteiger partial charge is 0.457 e. The van der Waals surface area contributed by atoms with Gasteiger partial charge in [-0.3, -0.25) is 0 Å². The van der Waals surface area contributed by atoms with Gasteiger partial charge in [0.05, 0.1) is 0 Å². The van der Waals surface area contributed by atoms with Gasteiger partial charge in [-0.25, -0.2) is 0 Å². The molecule has 0 unspecified atom stereocenters. The van der Waals surface area contributed by atoms with Crippen LogP contribution in [0.2, 0.25) is 0 Å². The molecule has 1 heterocycles. The lowest BCUT2D eigenvalue weighted by molar-refractivity contribution is 0.446. The fourth-order valence-electron chi connectivity index (χ4n) is 3.67. The highest BCUT2D eigenvalue weighted by Crippen LogP contribution is 2.49. The molecule has 0 atom stereocenters. The minimum Gasteiger partial charge on any atom is -0.457 e. The second-order valence-corrected chi connectivity index (χ2v) is 6.56. The second kappa shape index (κ2) is 6.65. The Morgan fingerprint density at radius 3 is 1.70 bits per heavy atom. The van der Waals surface area contributed by atoms with Crippen LogP contribution in [-0.2, 0) is 0 Å².